The summed E-state index contributed by atoms with van der Waals surface area (Å²) in [5, 5.41) is 16.9. The first-order valence-corrected chi connectivity index (χ1v) is 14.2. The van der Waals surface area contributed by atoms with Gasteiger partial charge in [-0.25, -0.2) is 9.59 Å². The third kappa shape index (κ3) is 8.01. The smallest absolute Gasteiger partial charge is 0.411 e. The quantitative estimate of drug-likeness (QED) is 0.134. The van der Waals surface area contributed by atoms with Crippen molar-refractivity contribution in [3.63, 3.8) is 0 Å². The molecule has 0 saturated heterocycles. The number of amides is 1. The Morgan fingerprint density at radius 1 is 0.977 bits per heavy atom. The van der Waals surface area contributed by atoms with Gasteiger partial charge in [-0.15, -0.1) is 0 Å². The summed E-state index contributed by atoms with van der Waals surface area (Å²) in [5.74, 6) is -1.65. The van der Waals surface area contributed by atoms with E-state index in [1.54, 1.807) is 73.8 Å². The van der Waals surface area contributed by atoms with Gasteiger partial charge in [0.15, 0.2) is 6.04 Å². The number of anilines is 2. The molecule has 1 heterocycles. The van der Waals surface area contributed by atoms with Gasteiger partial charge in [0.1, 0.15) is 0 Å². The Morgan fingerprint density at radius 3 is 2.50 bits per heavy atom. The molecule has 6 N–H and O–H groups in total. The van der Waals surface area contributed by atoms with Gasteiger partial charge >= 0.3 is 18.0 Å². The highest BCUT2D eigenvalue weighted by atomic mass is 16.5. The zero-order valence-corrected chi connectivity index (χ0v) is 24.8. The van der Waals surface area contributed by atoms with Gasteiger partial charge in [0.2, 0.25) is 0 Å². The second-order valence-corrected chi connectivity index (χ2v) is 10.5. The Kier molecular flexibility index (Phi) is 10.4. The summed E-state index contributed by atoms with van der Waals surface area (Å²) in [6.45, 7) is 5.86. The van der Waals surface area contributed by atoms with Crippen molar-refractivity contribution in [2.45, 2.75) is 45.2 Å². The molecule has 11 nitrogen and oxygen atoms in total. The number of carbonyl (C=O) groups excluding carboxylic acids is 2. The normalized spacial score (nSPS) is 13.0. The average Bonchev–Trinajstić information content (AvgIpc) is 2.99. The molecule has 44 heavy (non-hydrogen) atoms. The first-order valence-electron chi connectivity index (χ1n) is 14.2. The fraction of sp³-hybridized carbons (Fsp3) is 0.273. The number of carboxylic acids is 1. The number of esters is 1. The summed E-state index contributed by atoms with van der Waals surface area (Å²) < 4.78 is 10.4. The van der Waals surface area contributed by atoms with Crippen molar-refractivity contribution in [3.05, 3.63) is 106 Å². The molecule has 4 rings (SSSR count). The predicted molar refractivity (Wildman–Crippen MR) is 168 cm³/mol. The standard InChI is InChI=1S/C33H36N4O7/c1-4-43-29(38)17-28(34)22-6-5-7-24(15-22)37-33(42)44-18-20(3)26-11-9-23(14-19(26)2)30(32(40)41)36-25-10-8-21-12-13-35-31(39)27(21)16-25/h5-16,20,28,30,36H,4,17-18,34H2,1-3H3,(H,35,39)(H,37,42)(H,40,41)/t20-,28?,30?/m0/s1. The fourth-order valence-electron chi connectivity index (χ4n) is 4.97. The number of hydrogen-bond acceptors (Lipinski definition) is 8. The van der Waals surface area contributed by atoms with E-state index >= 15 is 0 Å². The van der Waals surface area contributed by atoms with Crippen LogP contribution in [0.3, 0.4) is 0 Å². The lowest BCUT2D eigenvalue weighted by Gasteiger charge is -2.20. The summed E-state index contributed by atoms with van der Waals surface area (Å²) >= 11 is 0. The molecular weight excluding hydrogens is 564 g/mol. The van der Waals surface area contributed by atoms with Gasteiger partial charge < -0.3 is 30.6 Å². The van der Waals surface area contributed by atoms with Gasteiger partial charge in [-0.2, -0.15) is 0 Å². The number of carboxylic acid groups (broad SMARTS) is 1. The van der Waals surface area contributed by atoms with Crippen LogP contribution in [-0.4, -0.2) is 41.3 Å². The van der Waals surface area contributed by atoms with Gasteiger partial charge in [0.25, 0.3) is 5.56 Å². The van der Waals surface area contributed by atoms with Crippen molar-refractivity contribution in [1.29, 1.82) is 0 Å². The van der Waals surface area contributed by atoms with Crippen LogP contribution in [0.1, 0.15) is 60.5 Å². The second kappa shape index (κ2) is 14.3. The number of aromatic nitrogens is 1. The number of pyridine rings is 1. The van der Waals surface area contributed by atoms with Gasteiger partial charge in [-0.3, -0.25) is 14.9 Å². The number of carbonyl (C=O) groups is 3. The highest BCUT2D eigenvalue weighted by Crippen LogP contribution is 2.27. The Labute approximate surface area is 254 Å². The van der Waals surface area contributed by atoms with Crippen LogP contribution in [0.5, 0.6) is 0 Å². The maximum absolute atomic E-state index is 12.5. The fourth-order valence-corrected chi connectivity index (χ4v) is 4.97. The molecule has 0 fully saturated rings. The number of aliphatic carboxylic acids is 1. The summed E-state index contributed by atoms with van der Waals surface area (Å²) in [6.07, 6.45) is 0.935. The van der Waals surface area contributed by atoms with E-state index in [0.29, 0.717) is 27.9 Å². The molecule has 3 atom stereocenters. The molecule has 0 spiro atoms. The summed E-state index contributed by atoms with van der Waals surface area (Å²) in [5.41, 5.74) is 9.78. The topological polar surface area (TPSA) is 173 Å². The number of benzene rings is 3. The first-order chi connectivity index (χ1) is 21.0. The van der Waals surface area contributed by atoms with E-state index in [4.69, 9.17) is 15.2 Å². The second-order valence-electron chi connectivity index (χ2n) is 10.5. The van der Waals surface area contributed by atoms with E-state index in [-0.39, 0.29) is 31.1 Å². The van der Waals surface area contributed by atoms with Crippen molar-refractivity contribution < 1.29 is 29.0 Å². The number of aromatic amines is 1. The van der Waals surface area contributed by atoms with Crippen molar-refractivity contribution in [3.8, 4) is 0 Å². The minimum absolute atomic E-state index is 0.0191. The number of nitrogens with one attached hydrogen (secondary N) is 3. The molecule has 0 saturated carbocycles. The first kappa shape index (κ1) is 31.8. The number of fused-ring (bicyclic) bond motifs is 1. The molecule has 1 aromatic heterocycles. The minimum Gasteiger partial charge on any atom is -0.479 e. The Hall–Kier alpha value is -5.16. The number of nitrogens with two attached hydrogens (primary N) is 1. The van der Waals surface area contributed by atoms with E-state index in [9.17, 15) is 24.3 Å². The minimum atomic E-state index is -1.07. The SMILES string of the molecule is CCOC(=O)CC(N)c1cccc(NC(=O)OC[C@H](C)c2ccc(C(Nc3ccc4cc[nH]c(=O)c4c3)C(=O)O)cc2C)c1. The highest BCUT2D eigenvalue weighted by molar-refractivity contribution is 5.87. The molecule has 11 heteroatoms. The van der Waals surface area contributed by atoms with E-state index < -0.39 is 30.1 Å². The summed E-state index contributed by atoms with van der Waals surface area (Å²) in [4.78, 5) is 51.3. The van der Waals surface area contributed by atoms with Crippen molar-refractivity contribution >= 4 is 40.2 Å². The molecule has 2 unspecified atom stereocenters. The number of hydrogen-bond donors (Lipinski definition) is 5. The van der Waals surface area contributed by atoms with E-state index in [2.05, 4.69) is 15.6 Å². The van der Waals surface area contributed by atoms with Crippen LogP contribution in [0.4, 0.5) is 16.2 Å². The Bertz CT molecular complexity index is 1720. The third-order valence-electron chi connectivity index (χ3n) is 7.21. The van der Waals surface area contributed by atoms with Crippen molar-refractivity contribution in [2.24, 2.45) is 5.73 Å². The van der Waals surface area contributed by atoms with Gasteiger partial charge in [-0.05, 0) is 71.8 Å². The van der Waals surface area contributed by atoms with Crippen LogP contribution in [0.25, 0.3) is 10.8 Å². The predicted octanol–water partition coefficient (Wildman–Crippen LogP) is 5.38. The van der Waals surface area contributed by atoms with Crippen LogP contribution < -0.4 is 21.9 Å². The monoisotopic (exact) mass is 600 g/mol. The van der Waals surface area contributed by atoms with Crippen LogP contribution in [0.15, 0.2) is 77.7 Å². The number of ether oxygens (including phenoxy) is 2. The summed E-state index contributed by atoms with van der Waals surface area (Å²) in [7, 11) is 0. The largest absolute Gasteiger partial charge is 0.479 e. The number of aryl methyl sites for hydroxylation is 1. The lowest BCUT2D eigenvalue weighted by Crippen LogP contribution is -2.21. The molecule has 0 aliphatic heterocycles. The van der Waals surface area contributed by atoms with E-state index in [1.807, 2.05) is 19.9 Å². The van der Waals surface area contributed by atoms with Crippen LogP contribution in [-0.2, 0) is 19.1 Å². The van der Waals surface area contributed by atoms with E-state index in [0.717, 1.165) is 16.5 Å². The maximum Gasteiger partial charge on any atom is 0.411 e. The molecule has 4 aromatic rings. The molecular formula is C33H36N4O7. The zero-order valence-electron chi connectivity index (χ0n) is 24.8. The maximum atomic E-state index is 12.5. The Balaban J connectivity index is 1.37. The summed E-state index contributed by atoms with van der Waals surface area (Å²) in [6, 6.07) is 17.5. The molecule has 1 amide bonds. The molecule has 3 aromatic carbocycles. The number of rotatable bonds is 12. The average molecular weight is 601 g/mol. The lowest BCUT2D eigenvalue weighted by atomic mass is 9.93. The van der Waals surface area contributed by atoms with Crippen LogP contribution in [0.2, 0.25) is 0 Å². The molecule has 230 valence electrons. The van der Waals surface area contributed by atoms with E-state index in [1.165, 1.54) is 0 Å². The zero-order chi connectivity index (χ0) is 31.8. The lowest BCUT2D eigenvalue weighted by molar-refractivity contribution is -0.143. The van der Waals surface area contributed by atoms with Gasteiger partial charge in [0, 0.05) is 34.9 Å². The highest BCUT2D eigenvalue weighted by Gasteiger charge is 2.22. The third-order valence-corrected chi connectivity index (χ3v) is 7.21. The Morgan fingerprint density at radius 2 is 1.77 bits per heavy atom. The van der Waals surface area contributed by atoms with Crippen LogP contribution >= 0.6 is 0 Å². The molecule has 0 bridgehead atoms. The number of H-pyrrole nitrogens is 1. The van der Waals surface area contributed by atoms with Crippen molar-refractivity contribution in [1.82, 2.24) is 4.98 Å². The van der Waals surface area contributed by atoms with Crippen molar-refractivity contribution in [2.75, 3.05) is 23.8 Å². The van der Waals surface area contributed by atoms with Crippen LogP contribution in [0, 0.1) is 6.92 Å². The molecule has 0 aliphatic rings. The van der Waals surface area contributed by atoms with Gasteiger partial charge in [0.05, 0.1) is 19.6 Å². The molecule has 0 radical (unpaired) electrons. The molecule has 0 aliphatic carbocycles. The van der Waals surface area contributed by atoms with Gasteiger partial charge in [-0.1, -0.05) is 43.3 Å².